The predicted octanol–water partition coefficient (Wildman–Crippen LogP) is 1.00. The number of nitrogens with zero attached hydrogens (tertiary/aromatic N) is 3. The molecule has 1 aromatic rings. The molecule has 2 rings (SSSR count). The molecular weight excluding hydrogens is 218 g/mol. The van der Waals surface area contributed by atoms with Gasteiger partial charge in [-0.1, -0.05) is 0 Å². The summed E-state index contributed by atoms with van der Waals surface area (Å²) in [6, 6.07) is 4.23. The molecule has 90 valence electrons. The van der Waals surface area contributed by atoms with Crippen LogP contribution in [0.1, 0.15) is 12.8 Å². The minimum atomic E-state index is 0.244. The van der Waals surface area contributed by atoms with Gasteiger partial charge in [-0.15, -0.1) is 0 Å². The summed E-state index contributed by atoms with van der Waals surface area (Å²) in [4.78, 5) is 8.19. The van der Waals surface area contributed by atoms with E-state index in [0.29, 0.717) is 11.9 Å². The van der Waals surface area contributed by atoms with Crippen LogP contribution in [0.4, 0.5) is 11.6 Å². The van der Waals surface area contributed by atoms with Crippen molar-refractivity contribution in [3.63, 3.8) is 0 Å². The quantitative estimate of drug-likeness (QED) is 0.755. The lowest BCUT2D eigenvalue weighted by Gasteiger charge is -2.23. The van der Waals surface area contributed by atoms with Crippen molar-refractivity contribution in [2.45, 2.75) is 18.9 Å². The van der Waals surface area contributed by atoms with Crippen LogP contribution in [0.5, 0.6) is 0 Å². The first-order chi connectivity index (χ1) is 8.38. The molecule has 0 radical (unpaired) electrons. The summed E-state index contributed by atoms with van der Waals surface area (Å²) in [6.07, 6.45) is 3.47. The van der Waals surface area contributed by atoms with Crippen molar-refractivity contribution in [2.75, 3.05) is 30.4 Å². The second kappa shape index (κ2) is 6.01. The Morgan fingerprint density at radius 1 is 1.35 bits per heavy atom. The van der Waals surface area contributed by atoms with Crippen molar-refractivity contribution in [3.05, 3.63) is 12.4 Å². The molecule has 1 aromatic heterocycles. The fourth-order valence-electron chi connectivity index (χ4n) is 1.71. The van der Waals surface area contributed by atoms with Crippen molar-refractivity contribution in [1.29, 1.82) is 5.26 Å². The molecule has 0 unspecified atom stereocenters. The van der Waals surface area contributed by atoms with Crippen LogP contribution in [0.25, 0.3) is 0 Å². The van der Waals surface area contributed by atoms with Gasteiger partial charge in [-0.3, -0.25) is 0 Å². The van der Waals surface area contributed by atoms with Gasteiger partial charge >= 0.3 is 0 Å². The van der Waals surface area contributed by atoms with Gasteiger partial charge in [0.2, 0.25) is 0 Å². The fourth-order valence-corrected chi connectivity index (χ4v) is 1.71. The molecule has 1 aliphatic heterocycles. The van der Waals surface area contributed by atoms with Crippen LogP contribution in [0.2, 0.25) is 0 Å². The number of anilines is 2. The Morgan fingerprint density at radius 3 is 2.88 bits per heavy atom. The normalized spacial score (nSPS) is 16.2. The van der Waals surface area contributed by atoms with Crippen LogP contribution in [-0.4, -0.2) is 35.8 Å². The van der Waals surface area contributed by atoms with E-state index in [4.69, 9.17) is 10.00 Å². The molecule has 6 heteroatoms. The first kappa shape index (κ1) is 11.6. The molecule has 1 fully saturated rings. The second-order valence-corrected chi connectivity index (χ2v) is 3.83. The third-order valence-corrected chi connectivity index (χ3v) is 2.59. The zero-order valence-corrected chi connectivity index (χ0v) is 9.52. The largest absolute Gasteiger partial charge is 0.381 e. The number of nitrogens with one attached hydrogen (secondary N) is 2. The molecule has 2 N–H and O–H groups in total. The highest BCUT2D eigenvalue weighted by molar-refractivity contribution is 5.47. The van der Waals surface area contributed by atoms with Gasteiger partial charge in [0.15, 0.2) is 0 Å². The Morgan fingerprint density at radius 2 is 2.12 bits per heavy atom. The first-order valence-electron chi connectivity index (χ1n) is 5.65. The molecule has 1 aliphatic rings. The lowest BCUT2D eigenvalue weighted by atomic mass is 10.1. The Kier molecular flexibility index (Phi) is 4.11. The van der Waals surface area contributed by atoms with Crippen molar-refractivity contribution in [3.8, 4) is 6.07 Å². The minimum Gasteiger partial charge on any atom is -0.381 e. The van der Waals surface area contributed by atoms with Crippen LogP contribution < -0.4 is 10.6 Å². The summed E-state index contributed by atoms with van der Waals surface area (Å²) in [7, 11) is 0. The smallest absolute Gasteiger partial charge is 0.132 e. The van der Waals surface area contributed by atoms with Gasteiger partial charge in [-0.05, 0) is 12.8 Å². The molecule has 0 amide bonds. The predicted molar refractivity (Wildman–Crippen MR) is 63.6 cm³/mol. The van der Waals surface area contributed by atoms with Gasteiger partial charge in [0, 0.05) is 25.3 Å². The average molecular weight is 233 g/mol. The highest BCUT2D eigenvalue weighted by Crippen LogP contribution is 2.14. The number of ether oxygens (including phenoxy) is 1. The van der Waals surface area contributed by atoms with E-state index >= 15 is 0 Å². The summed E-state index contributed by atoms with van der Waals surface area (Å²) in [5, 5.41) is 14.7. The Balaban J connectivity index is 1.93. The second-order valence-electron chi connectivity index (χ2n) is 3.83. The maximum absolute atomic E-state index is 8.47. The highest BCUT2D eigenvalue weighted by Gasteiger charge is 2.13. The molecule has 2 heterocycles. The Hall–Kier alpha value is -1.87. The molecule has 0 spiro atoms. The number of aromatic nitrogens is 2. The summed E-state index contributed by atoms with van der Waals surface area (Å²) in [5.41, 5.74) is 0. The number of hydrogen-bond donors (Lipinski definition) is 2. The van der Waals surface area contributed by atoms with Crippen LogP contribution >= 0.6 is 0 Å². The average Bonchev–Trinajstić information content (AvgIpc) is 2.38. The molecule has 0 atom stereocenters. The van der Waals surface area contributed by atoms with E-state index in [9.17, 15) is 0 Å². The van der Waals surface area contributed by atoms with E-state index in [1.807, 2.05) is 12.1 Å². The molecule has 0 aliphatic carbocycles. The maximum Gasteiger partial charge on any atom is 0.132 e. The summed E-state index contributed by atoms with van der Waals surface area (Å²) < 4.78 is 5.29. The van der Waals surface area contributed by atoms with E-state index in [-0.39, 0.29) is 6.54 Å². The lowest BCUT2D eigenvalue weighted by molar-refractivity contribution is 0.0904. The third-order valence-electron chi connectivity index (χ3n) is 2.59. The van der Waals surface area contributed by atoms with Crippen molar-refractivity contribution in [2.24, 2.45) is 0 Å². The zero-order valence-electron chi connectivity index (χ0n) is 9.52. The zero-order chi connectivity index (χ0) is 11.9. The summed E-state index contributed by atoms with van der Waals surface area (Å²) in [6.45, 7) is 1.83. The first-order valence-corrected chi connectivity index (χ1v) is 5.65. The third kappa shape index (κ3) is 3.57. The van der Waals surface area contributed by atoms with Crippen molar-refractivity contribution >= 4 is 11.6 Å². The fraction of sp³-hybridized carbons (Fsp3) is 0.545. The van der Waals surface area contributed by atoms with Gasteiger partial charge in [0.1, 0.15) is 24.5 Å². The summed E-state index contributed by atoms with van der Waals surface area (Å²) in [5.74, 6) is 1.45. The maximum atomic E-state index is 8.47. The van der Waals surface area contributed by atoms with E-state index in [2.05, 4.69) is 20.6 Å². The Bertz CT molecular complexity index is 397. The van der Waals surface area contributed by atoms with E-state index < -0.39 is 0 Å². The number of hydrogen-bond acceptors (Lipinski definition) is 6. The topological polar surface area (TPSA) is 82.9 Å². The van der Waals surface area contributed by atoms with Gasteiger partial charge in [-0.25, -0.2) is 9.97 Å². The van der Waals surface area contributed by atoms with Gasteiger partial charge in [0.05, 0.1) is 6.07 Å². The minimum absolute atomic E-state index is 0.244. The molecule has 6 nitrogen and oxygen atoms in total. The summed E-state index contributed by atoms with van der Waals surface area (Å²) >= 11 is 0. The lowest BCUT2D eigenvalue weighted by Crippen LogP contribution is -2.28. The van der Waals surface area contributed by atoms with Gasteiger partial charge < -0.3 is 15.4 Å². The standard InChI is InChI=1S/C11H15N5O/c12-3-4-13-10-7-11(15-8-14-10)16-9-1-5-17-6-2-9/h7-9H,1-2,4-6H2,(H2,13,14,15,16). The van der Waals surface area contributed by atoms with E-state index in [1.54, 1.807) is 0 Å². The molecule has 17 heavy (non-hydrogen) atoms. The molecule has 1 saturated heterocycles. The molecule has 0 bridgehead atoms. The molecular formula is C11H15N5O. The Labute approximate surface area is 100 Å². The van der Waals surface area contributed by atoms with Crippen LogP contribution in [0, 0.1) is 11.3 Å². The van der Waals surface area contributed by atoms with E-state index in [1.165, 1.54) is 6.33 Å². The van der Waals surface area contributed by atoms with Crippen LogP contribution in [0.15, 0.2) is 12.4 Å². The molecule has 0 aromatic carbocycles. The monoisotopic (exact) mass is 233 g/mol. The van der Waals surface area contributed by atoms with Crippen LogP contribution in [0.3, 0.4) is 0 Å². The van der Waals surface area contributed by atoms with Crippen LogP contribution in [-0.2, 0) is 4.74 Å². The number of rotatable bonds is 4. The number of nitriles is 1. The SMILES string of the molecule is N#CCNc1cc(NC2CCOCC2)ncn1. The molecule has 0 saturated carbocycles. The van der Waals surface area contributed by atoms with E-state index in [0.717, 1.165) is 31.9 Å². The van der Waals surface area contributed by atoms with Gasteiger partial charge in [-0.2, -0.15) is 5.26 Å². The van der Waals surface area contributed by atoms with Crippen molar-refractivity contribution in [1.82, 2.24) is 9.97 Å². The van der Waals surface area contributed by atoms with Crippen molar-refractivity contribution < 1.29 is 4.74 Å². The highest BCUT2D eigenvalue weighted by atomic mass is 16.5. The van der Waals surface area contributed by atoms with Gasteiger partial charge in [0.25, 0.3) is 0 Å².